The summed E-state index contributed by atoms with van der Waals surface area (Å²) in [4.78, 5) is 22.4. The fourth-order valence-electron chi connectivity index (χ4n) is 2.51. The Morgan fingerprint density at radius 1 is 1.26 bits per heavy atom. The largest absolute Gasteiger partial charge is 0.458 e. The van der Waals surface area contributed by atoms with E-state index in [9.17, 15) is 4.79 Å². The first-order valence-corrected chi connectivity index (χ1v) is 6.89. The highest BCUT2D eigenvalue weighted by Gasteiger charge is 2.37. The maximum atomic E-state index is 12.0. The van der Waals surface area contributed by atoms with Gasteiger partial charge < -0.3 is 9.64 Å². The summed E-state index contributed by atoms with van der Waals surface area (Å²) in [5, 5.41) is 0. The van der Waals surface area contributed by atoms with Gasteiger partial charge in [0.05, 0.1) is 6.54 Å². The van der Waals surface area contributed by atoms with Crippen molar-refractivity contribution in [2.45, 2.75) is 39.2 Å². The van der Waals surface area contributed by atoms with Crippen molar-refractivity contribution in [1.29, 1.82) is 0 Å². The van der Waals surface area contributed by atoms with Crippen LogP contribution < -0.4 is 4.74 Å². The molecule has 2 aliphatic rings. The molecule has 102 valence electrons. The third-order valence-electron chi connectivity index (χ3n) is 3.62. The van der Waals surface area contributed by atoms with E-state index in [2.05, 4.69) is 9.97 Å². The zero-order chi connectivity index (χ0) is 13.4. The van der Waals surface area contributed by atoms with Gasteiger partial charge in [-0.1, -0.05) is 0 Å². The number of carbonyl (C=O) groups excluding carboxylic acids is 1. The van der Waals surface area contributed by atoms with Crippen molar-refractivity contribution in [3.8, 4) is 6.01 Å². The van der Waals surface area contributed by atoms with Gasteiger partial charge in [0.1, 0.15) is 6.10 Å². The molecule has 5 nitrogen and oxygen atoms in total. The normalized spacial score (nSPS) is 22.6. The van der Waals surface area contributed by atoms with E-state index in [0.29, 0.717) is 18.5 Å². The molecule has 5 heteroatoms. The summed E-state index contributed by atoms with van der Waals surface area (Å²) >= 11 is 0. The fraction of sp³-hybridized carbons (Fsp3) is 0.643. The van der Waals surface area contributed by atoms with Crippen molar-refractivity contribution in [1.82, 2.24) is 14.9 Å². The second-order valence-electron chi connectivity index (χ2n) is 5.52. The number of hydrogen-bond donors (Lipinski definition) is 0. The van der Waals surface area contributed by atoms with Crippen LogP contribution in [-0.2, 0) is 4.79 Å². The molecule has 1 amide bonds. The summed E-state index contributed by atoms with van der Waals surface area (Å²) < 4.78 is 5.80. The number of rotatable bonds is 3. The molecule has 3 rings (SSSR count). The minimum Gasteiger partial charge on any atom is -0.458 e. The van der Waals surface area contributed by atoms with E-state index in [1.165, 1.54) is 0 Å². The Hall–Kier alpha value is -1.65. The van der Waals surface area contributed by atoms with Gasteiger partial charge in [-0.3, -0.25) is 4.79 Å². The minimum atomic E-state index is 0.0314. The van der Waals surface area contributed by atoms with Gasteiger partial charge in [0.2, 0.25) is 5.91 Å². The molecule has 19 heavy (non-hydrogen) atoms. The molecular formula is C14H19N3O2. The summed E-state index contributed by atoms with van der Waals surface area (Å²) in [6, 6.07) is 2.35. The Bertz CT molecular complexity index is 479. The van der Waals surface area contributed by atoms with E-state index < -0.39 is 0 Å². The predicted molar refractivity (Wildman–Crippen MR) is 69.8 cm³/mol. The molecule has 1 aromatic heterocycles. The minimum absolute atomic E-state index is 0.0314. The van der Waals surface area contributed by atoms with Crippen LogP contribution in [0.2, 0.25) is 0 Å². The molecule has 1 aliphatic carbocycles. The second kappa shape index (κ2) is 4.79. The SMILES string of the molecule is Cc1cc(C)nc(O[C@@H]2CCN(C(=O)C3CC3)C2)n1. The Morgan fingerprint density at radius 3 is 2.58 bits per heavy atom. The van der Waals surface area contributed by atoms with Crippen molar-refractivity contribution >= 4 is 5.91 Å². The molecular weight excluding hydrogens is 242 g/mol. The van der Waals surface area contributed by atoms with Gasteiger partial charge >= 0.3 is 6.01 Å². The number of hydrogen-bond acceptors (Lipinski definition) is 4. The molecule has 1 atom stereocenters. The van der Waals surface area contributed by atoms with Gasteiger partial charge in [-0.25, -0.2) is 9.97 Å². The van der Waals surface area contributed by atoms with E-state index in [1.54, 1.807) is 0 Å². The van der Waals surface area contributed by atoms with Crippen LogP contribution in [0.15, 0.2) is 6.07 Å². The number of aromatic nitrogens is 2. The van der Waals surface area contributed by atoms with Crippen molar-refractivity contribution in [2.75, 3.05) is 13.1 Å². The van der Waals surface area contributed by atoms with E-state index in [1.807, 2.05) is 24.8 Å². The van der Waals surface area contributed by atoms with Crippen LogP contribution in [0.5, 0.6) is 6.01 Å². The summed E-state index contributed by atoms with van der Waals surface area (Å²) in [6.45, 7) is 5.33. The molecule has 2 heterocycles. The molecule has 1 saturated heterocycles. The Labute approximate surface area is 113 Å². The van der Waals surface area contributed by atoms with Crippen LogP contribution in [0.25, 0.3) is 0 Å². The van der Waals surface area contributed by atoms with Gasteiger partial charge in [0, 0.05) is 30.3 Å². The summed E-state index contributed by atoms with van der Waals surface area (Å²) in [5.41, 5.74) is 1.82. The predicted octanol–water partition coefficient (Wildman–Crippen LogP) is 1.48. The second-order valence-corrected chi connectivity index (χ2v) is 5.52. The average Bonchev–Trinajstić information content (AvgIpc) is 3.08. The van der Waals surface area contributed by atoms with Gasteiger partial charge in [-0.15, -0.1) is 0 Å². The molecule has 0 N–H and O–H groups in total. The van der Waals surface area contributed by atoms with Crippen LogP contribution in [0, 0.1) is 19.8 Å². The third kappa shape index (κ3) is 2.85. The maximum absolute atomic E-state index is 12.0. The number of ether oxygens (including phenoxy) is 1. The smallest absolute Gasteiger partial charge is 0.317 e. The topological polar surface area (TPSA) is 55.3 Å². The van der Waals surface area contributed by atoms with Crippen LogP contribution in [0.4, 0.5) is 0 Å². The highest BCUT2D eigenvalue weighted by molar-refractivity contribution is 5.81. The van der Waals surface area contributed by atoms with Gasteiger partial charge in [-0.2, -0.15) is 0 Å². The number of likely N-dealkylation sites (tertiary alicyclic amines) is 1. The van der Waals surface area contributed by atoms with Crippen LogP contribution in [0.1, 0.15) is 30.7 Å². The first-order valence-electron chi connectivity index (χ1n) is 6.89. The lowest BCUT2D eigenvalue weighted by Crippen LogP contribution is -2.32. The number of amides is 1. The fourth-order valence-corrected chi connectivity index (χ4v) is 2.51. The summed E-state index contributed by atoms with van der Waals surface area (Å²) in [5.74, 6) is 0.587. The molecule has 1 aromatic rings. The molecule has 0 spiro atoms. The lowest BCUT2D eigenvalue weighted by Gasteiger charge is -2.16. The summed E-state index contributed by atoms with van der Waals surface area (Å²) in [6.07, 6.45) is 3.01. The first kappa shape index (κ1) is 12.4. The highest BCUT2D eigenvalue weighted by atomic mass is 16.5. The molecule has 1 saturated carbocycles. The summed E-state index contributed by atoms with van der Waals surface area (Å²) in [7, 11) is 0. The molecule has 2 fully saturated rings. The maximum Gasteiger partial charge on any atom is 0.317 e. The van der Waals surface area contributed by atoms with Crippen molar-refractivity contribution in [3.05, 3.63) is 17.5 Å². The van der Waals surface area contributed by atoms with Gasteiger partial charge in [0.25, 0.3) is 0 Å². The van der Waals surface area contributed by atoms with Crippen LogP contribution in [0.3, 0.4) is 0 Å². The van der Waals surface area contributed by atoms with E-state index >= 15 is 0 Å². The monoisotopic (exact) mass is 261 g/mol. The highest BCUT2D eigenvalue weighted by Crippen LogP contribution is 2.32. The molecule has 1 aliphatic heterocycles. The Morgan fingerprint density at radius 2 is 1.95 bits per heavy atom. The lowest BCUT2D eigenvalue weighted by molar-refractivity contribution is -0.131. The quantitative estimate of drug-likeness (QED) is 0.827. The van der Waals surface area contributed by atoms with E-state index in [4.69, 9.17) is 4.74 Å². The number of nitrogens with zero attached hydrogens (tertiary/aromatic N) is 3. The van der Waals surface area contributed by atoms with Gasteiger partial charge in [0.15, 0.2) is 0 Å². The molecule has 0 bridgehead atoms. The Balaban J connectivity index is 1.60. The van der Waals surface area contributed by atoms with Crippen molar-refractivity contribution < 1.29 is 9.53 Å². The van der Waals surface area contributed by atoms with E-state index in [-0.39, 0.29) is 12.0 Å². The molecule has 0 unspecified atom stereocenters. The van der Waals surface area contributed by atoms with Crippen molar-refractivity contribution in [3.63, 3.8) is 0 Å². The molecule has 0 aromatic carbocycles. The van der Waals surface area contributed by atoms with Crippen LogP contribution >= 0.6 is 0 Å². The standard InChI is InChI=1S/C14H19N3O2/c1-9-7-10(2)16-14(15-9)19-12-5-6-17(8-12)13(18)11-3-4-11/h7,11-12H,3-6,8H2,1-2H3/t12-/m1/s1. The lowest BCUT2D eigenvalue weighted by atomic mass is 10.3. The van der Waals surface area contributed by atoms with Crippen molar-refractivity contribution in [2.24, 2.45) is 5.92 Å². The molecule has 0 radical (unpaired) electrons. The first-order chi connectivity index (χ1) is 9.11. The van der Waals surface area contributed by atoms with Gasteiger partial charge in [-0.05, 0) is 32.8 Å². The third-order valence-corrected chi connectivity index (χ3v) is 3.62. The van der Waals surface area contributed by atoms with E-state index in [0.717, 1.165) is 37.2 Å². The number of aryl methyl sites for hydroxylation is 2. The number of carbonyl (C=O) groups is 1. The average molecular weight is 261 g/mol. The zero-order valence-corrected chi connectivity index (χ0v) is 11.4. The zero-order valence-electron chi connectivity index (χ0n) is 11.4. The van der Waals surface area contributed by atoms with Crippen LogP contribution in [-0.4, -0.2) is 40.0 Å². The Kier molecular flexibility index (Phi) is 3.12.